The molecule has 0 aliphatic rings. The molecule has 26 heavy (non-hydrogen) atoms. The van der Waals surface area contributed by atoms with E-state index in [0.717, 1.165) is 12.1 Å². The molecule has 1 atom stereocenters. The van der Waals surface area contributed by atoms with Crippen LogP contribution in [0.5, 0.6) is 0 Å². The molecule has 136 valence electrons. The average molecular weight is 449 g/mol. The number of hydrogen-bond donors (Lipinski definition) is 1. The van der Waals surface area contributed by atoms with Crippen molar-refractivity contribution in [2.75, 3.05) is 5.32 Å². The van der Waals surface area contributed by atoms with Gasteiger partial charge in [0.05, 0.1) is 15.6 Å². The number of hydrogen-bond acceptors (Lipinski definition) is 3. The molecule has 0 aliphatic carbocycles. The van der Waals surface area contributed by atoms with Gasteiger partial charge in [-0.05, 0) is 58.2 Å². The van der Waals surface area contributed by atoms with E-state index in [-0.39, 0.29) is 15.3 Å². The van der Waals surface area contributed by atoms with Gasteiger partial charge in [0.15, 0.2) is 0 Å². The minimum Gasteiger partial charge on any atom is -0.363 e. The summed E-state index contributed by atoms with van der Waals surface area (Å²) < 4.78 is 52.6. The van der Waals surface area contributed by atoms with Crippen LogP contribution < -0.4 is 5.32 Å². The summed E-state index contributed by atoms with van der Waals surface area (Å²) in [5.41, 5.74) is -0.0348. The number of anilines is 1. The van der Waals surface area contributed by atoms with Gasteiger partial charge in [-0.25, -0.2) is 14.4 Å². The maximum absolute atomic E-state index is 13.7. The number of halogens is 6. The van der Waals surface area contributed by atoms with Gasteiger partial charge in [0.25, 0.3) is 0 Å². The minimum absolute atomic E-state index is 0.0991. The lowest BCUT2D eigenvalue weighted by Crippen LogP contribution is -2.11. The Labute approximate surface area is 159 Å². The van der Waals surface area contributed by atoms with E-state index in [1.165, 1.54) is 18.2 Å². The van der Waals surface area contributed by atoms with Gasteiger partial charge >= 0.3 is 6.18 Å². The molecular weight excluding hydrogens is 438 g/mol. The van der Waals surface area contributed by atoms with Gasteiger partial charge in [0.1, 0.15) is 11.6 Å². The summed E-state index contributed by atoms with van der Waals surface area (Å²) in [6, 6.07) is 7.18. The van der Waals surface area contributed by atoms with Crippen molar-refractivity contribution in [2.24, 2.45) is 0 Å². The number of aromatic nitrogens is 2. The summed E-state index contributed by atoms with van der Waals surface area (Å²) in [5, 5.41) is 3.41. The SMILES string of the molecule is C[C@@H](Nc1nc(Cl)nc2cc(F)c(Br)cc12)c1cccc(C(F)(F)F)c1. The predicted molar refractivity (Wildman–Crippen MR) is 95.7 cm³/mol. The van der Waals surface area contributed by atoms with Crippen LogP contribution in [0.4, 0.5) is 23.4 Å². The van der Waals surface area contributed by atoms with Crippen LogP contribution in [-0.4, -0.2) is 9.97 Å². The summed E-state index contributed by atoms with van der Waals surface area (Å²) in [4.78, 5) is 8.06. The Morgan fingerprint density at radius 2 is 1.88 bits per heavy atom. The molecule has 0 fully saturated rings. The summed E-state index contributed by atoms with van der Waals surface area (Å²) >= 11 is 8.98. The third kappa shape index (κ3) is 3.91. The van der Waals surface area contributed by atoms with Crippen molar-refractivity contribution in [3.8, 4) is 0 Å². The van der Waals surface area contributed by atoms with Gasteiger partial charge in [-0.1, -0.05) is 12.1 Å². The van der Waals surface area contributed by atoms with Crippen molar-refractivity contribution >= 4 is 44.3 Å². The van der Waals surface area contributed by atoms with E-state index in [2.05, 4.69) is 31.2 Å². The van der Waals surface area contributed by atoms with Crippen LogP contribution in [0, 0.1) is 5.82 Å². The first-order chi connectivity index (χ1) is 12.1. The van der Waals surface area contributed by atoms with Gasteiger partial charge in [-0.15, -0.1) is 0 Å². The first kappa shape index (κ1) is 18.8. The average Bonchev–Trinajstić information content (AvgIpc) is 2.56. The highest BCUT2D eigenvalue weighted by atomic mass is 79.9. The van der Waals surface area contributed by atoms with Crippen LogP contribution in [0.3, 0.4) is 0 Å². The Morgan fingerprint density at radius 3 is 2.58 bits per heavy atom. The minimum atomic E-state index is -4.43. The van der Waals surface area contributed by atoms with Crippen molar-refractivity contribution < 1.29 is 17.6 Å². The van der Waals surface area contributed by atoms with Crippen molar-refractivity contribution in [3.63, 3.8) is 0 Å². The molecule has 3 nitrogen and oxygen atoms in total. The molecule has 9 heteroatoms. The quantitative estimate of drug-likeness (QED) is 0.373. The second-order valence-corrected chi connectivity index (χ2v) is 6.81. The first-order valence-electron chi connectivity index (χ1n) is 7.41. The number of nitrogens with one attached hydrogen (secondary N) is 1. The largest absolute Gasteiger partial charge is 0.416 e. The topological polar surface area (TPSA) is 37.8 Å². The number of benzene rings is 2. The van der Waals surface area contributed by atoms with E-state index < -0.39 is 23.6 Å². The van der Waals surface area contributed by atoms with E-state index in [1.54, 1.807) is 13.0 Å². The number of rotatable bonds is 3. The summed E-state index contributed by atoms with van der Waals surface area (Å²) in [7, 11) is 0. The summed E-state index contributed by atoms with van der Waals surface area (Å²) in [5.74, 6) is -0.213. The van der Waals surface area contributed by atoms with Crippen LogP contribution in [0.15, 0.2) is 40.9 Å². The Morgan fingerprint density at radius 1 is 1.15 bits per heavy atom. The Bertz CT molecular complexity index is 978. The monoisotopic (exact) mass is 447 g/mol. The Balaban J connectivity index is 2.00. The van der Waals surface area contributed by atoms with E-state index in [1.807, 2.05) is 0 Å². The van der Waals surface area contributed by atoms with Gasteiger partial charge in [-0.2, -0.15) is 13.2 Å². The molecule has 0 amide bonds. The highest BCUT2D eigenvalue weighted by Gasteiger charge is 2.30. The number of fused-ring (bicyclic) bond motifs is 1. The zero-order valence-electron chi connectivity index (χ0n) is 13.2. The molecule has 0 spiro atoms. The molecule has 0 radical (unpaired) electrons. The van der Waals surface area contributed by atoms with Gasteiger partial charge in [-0.3, -0.25) is 0 Å². The highest BCUT2D eigenvalue weighted by molar-refractivity contribution is 9.10. The summed E-state index contributed by atoms with van der Waals surface area (Å²) in [6.45, 7) is 1.69. The third-order valence-corrected chi connectivity index (χ3v) is 4.55. The molecule has 2 aromatic carbocycles. The fraction of sp³-hybridized carbons (Fsp3) is 0.176. The normalized spacial score (nSPS) is 13.0. The van der Waals surface area contributed by atoms with Gasteiger partial charge < -0.3 is 5.32 Å². The number of nitrogens with zero attached hydrogens (tertiary/aromatic N) is 2. The third-order valence-electron chi connectivity index (χ3n) is 3.78. The first-order valence-corrected chi connectivity index (χ1v) is 8.58. The van der Waals surface area contributed by atoms with E-state index in [4.69, 9.17) is 11.6 Å². The maximum atomic E-state index is 13.7. The van der Waals surface area contributed by atoms with Crippen molar-refractivity contribution in [1.29, 1.82) is 0 Å². The molecule has 0 aliphatic heterocycles. The van der Waals surface area contributed by atoms with E-state index in [0.29, 0.717) is 16.8 Å². The fourth-order valence-corrected chi connectivity index (χ4v) is 3.00. The molecule has 0 bridgehead atoms. The molecule has 3 aromatic rings. The van der Waals surface area contributed by atoms with Crippen LogP contribution in [0.25, 0.3) is 10.9 Å². The van der Waals surface area contributed by atoms with Gasteiger partial charge in [0, 0.05) is 17.5 Å². The predicted octanol–water partition coefficient (Wildman–Crippen LogP) is 6.38. The van der Waals surface area contributed by atoms with Crippen molar-refractivity contribution in [1.82, 2.24) is 9.97 Å². The van der Waals surface area contributed by atoms with E-state index >= 15 is 0 Å². The van der Waals surface area contributed by atoms with Crippen LogP contribution in [0.2, 0.25) is 5.28 Å². The highest BCUT2D eigenvalue weighted by Crippen LogP contribution is 2.33. The van der Waals surface area contributed by atoms with Crippen molar-refractivity contribution in [2.45, 2.75) is 19.1 Å². The fourth-order valence-electron chi connectivity index (χ4n) is 2.48. The Hall–Kier alpha value is -1.93. The zero-order chi connectivity index (χ0) is 19.1. The lowest BCUT2D eigenvalue weighted by molar-refractivity contribution is -0.137. The van der Waals surface area contributed by atoms with Crippen molar-refractivity contribution in [3.05, 3.63) is 63.1 Å². The second-order valence-electron chi connectivity index (χ2n) is 5.61. The second kappa shape index (κ2) is 7.00. The smallest absolute Gasteiger partial charge is 0.363 e. The van der Waals surface area contributed by atoms with Crippen LogP contribution in [-0.2, 0) is 6.18 Å². The molecule has 0 unspecified atom stereocenters. The molecule has 3 rings (SSSR count). The van der Waals surface area contributed by atoms with Gasteiger partial charge in [0.2, 0.25) is 5.28 Å². The molecule has 0 saturated carbocycles. The lowest BCUT2D eigenvalue weighted by atomic mass is 10.0. The molecular formula is C17H11BrClF4N3. The molecule has 1 N–H and O–H groups in total. The number of alkyl halides is 3. The maximum Gasteiger partial charge on any atom is 0.416 e. The van der Waals surface area contributed by atoms with E-state index in [9.17, 15) is 17.6 Å². The molecule has 1 heterocycles. The molecule has 0 saturated heterocycles. The van der Waals surface area contributed by atoms with Crippen LogP contribution >= 0.6 is 27.5 Å². The summed E-state index contributed by atoms with van der Waals surface area (Å²) in [6.07, 6.45) is -4.43. The lowest BCUT2D eigenvalue weighted by Gasteiger charge is -2.18. The standard InChI is InChI=1S/C17H11BrClF4N3/c1-8(9-3-2-4-10(5-9)17(21,22)23)24-15-11-6-12(18)13(20)7-14(11)25-16(19)26-15/h2-8H,1H3,(H,24,25,26)/t8-/m1/s1. The van der Waals surface area contributed by atoms with Crippen LogP contribution in [0.1, 0.15) is 24.1 Å². The Kier molecular flexibility index (Phi) is 5.07. The zero-order valence-corrected chi connectivity index (χ0v) is 15.5. The molecule has 1 aromatic heterocycles.